The SMILES string of the molecule is CCN(c1cccc(SC)c1C#N)C(C)CN(C)C. The van der Waals surface area contributed by atoms with E-state index in [2.05, 4.69) is 43.8 Å². The lowest BCUT2D eigenvalue weighted by Gasteiger charge is -2.33. The Hall–Kier alpha value is -1.18. The van der Waals surface area contributed by atoms with Crippen molar-refractivity contribution in [3.8, 4) is 6.07 Å². The average molecular weight is 277 g/mol. The summed E-state index contributed by atoms with van der Waals surface area (Å²) in [5.74, 6) is 0. The average Bonchev–Trinajstić information content (AvgIpc) is 2.38. The second kappa shape index (κ2) is 7.42. The van der Waals surface area contributed by atoms with Crippen molar-refractivity contribution in [1.29, 1.82) is 5.26 Å². The van der Waals surface area contributed by atoms with Crippen LogP contribution in [0.2, 0.25) is 0 Å². The first-order valence-corrected chi connectivity index (χ1v) is 7.76. The van der Waals surface area contributed by atoms with Crippen molar-refractivity contribution < 1.29 is 0 Å². The monoisotopic (exact) mass is 277 g/mol. The van der Waals surface area contributed by atoms with E-state index in [0.29, 0.717) is 6.04 Å². The minimum absolute atomic E-state index is 0.379. The van der Waals surface area contributed by atoms with Gasteiger partial charge in [-0.25, -0.2) is 0 Å². The summed E-state index contributed by atoms with van der Waals surface area (Å²) in [6.07, 6.45) is 2.01. The van der Waals surface area contributed by atoms with Crippen LogP contribution in [0.4, 0.5) is 5.69 Å². The highest BCUT2D eigenvalue weighted by Crippen LogP contribution is 2.30. The zero-order chi connectivity index (χ0) is 14.4. The summed E-state index contributed by atoms with van der Waals surface area (Å²) in [7, 11) is 4.15. The molecule has 4 heteroatoms. The maximum absolute atomic E-state index is 9.44. The Balaban J connectivity index is 3.15. The first kappa shape index (κ1) is 15.9. The van der Waals surface area contributed by atoms with Gasteiger partial charge in [-0.2, -0.15) is 5.26 Å². The van der Waals surface area contributed by atoms with Crippen molar-refractivity contribution in [2.24, 2.45) is 0 Å². The van der Waals surface area contributed by atoms with Crippen LogP contribution in [-0.4, -0.2) is 44.4 Å². The summed E-state index contributed by atoms with van der Waals surface area (Å²) in [6, 6.07) is 8.84. The van der Waals surface area contributed by atoms with Gasteiger partial charge < -0.3 is 9.80 Å². The molecule has 0 aliphatic heterocycles. The fourth-order valence-electron chi connectivity index (χ4n) is 2.39. The van der Waals surface area contributed by atoms with E-state index in [9.17, 15) is 5.26 Å². The van der Waals surface area contributed by atoms with Crippen LogP contribution < -0.4 is 4.90 Å². The third-order valence-corrected chi connectivity index (χ3v) is 3.93. The highest BCUT2D eigenvalue weighted by molar-refractivity contribution is 7.98. The van der Waals surface area contributed by atoms with E-state index in [-0.39, 0.29) is 0 Å². The first-order valence-electron chi connectivity index (χ1n) is 6.53. The fraction of sp³-hybridized carbons (Fsp3) is 0.533. The lowest BCUT2D eigenvalue weighted by atomic mass is 10.1. The van der Waals surface area contributed by atoms with E-state index >= 15 is 0 Å². The standard InChI is InChI=1S/C15H23N3S/c1-6-18(12(2)11-17(3)4)14-8-7-9-15(19-5)13(14)10-16/h7-9,12H,6,11H2,1-5H3. The van der Waals surface area contributed by atoms with E-state index in [1.54, 1.807) is 11.8 Å². The van der Waals surface area contributed by atoms with Crippen LogP contribution in [-0.2, 0) is 0 Å². The molecule has 1 aromatic rings. The van der Waals surface area contributed by atoms with Gasteiger partial charge in [-0.05, 0) is 46.3 Å². The molecule has 0 heterocycles. The second-order valence-corrected chi connectivity index (χ2v) is 5.71. The van der Waals surface area contributed by atoms with E-state index in [4.69, 9.17) is 0 Å². The van der Waals surface area contributed by atoms with Crippen molar-refractivity contribution in [3.05, 3.63) is 23.8 Å². The Morgan fingerprint density at radius 2 is 2.05 bits per heavy atom. The molecule has 0 aliphatic rings. The van der Waals surface area contributed by atoms with Crippen LogP contribution in [0.5, 0.6) is 0 Å². The van der Waals surface area contributed by atoms with Crippen LogP contribution in [0.15, 0.2) is 23.1 Å². The molecule has 0 aromatic heterocycles. The molecule has 0 spiro atoms. The first-order chi connectivity index (χ1) is 9.04. The van der Waals surface area contributed by atoms with E-state index in [1.165, 1.54) is 0 Å². The Kier molecular flexibility index (Phi) is 6.20. The number of benzene rings is 1. The van der Waals surface area contributed by atoms with Crippen LogP contribution in [0.25, 0.3) is 0 Å². The lowest BCUT2D eigenvalue weighted by Crippen LogP contribution is -2.40. The van der Waals surface area contributed by atoms with Gasteiger partial charge in [-0.15, -0.1) is 11.8 Å². The summed E-state index contributed by atoms with van der Waals surface area (Å²) in [4.78, 5) is 5.53. The number of hydrogen-bond donors (Lipinski definition) is 0. The van der Waals surface area contributed by atoms with Crippen LogP contribution >= 0.6 is 11.8 Å². The molecule has 0 aliphatic carbocycles. The Morgan fingerprint density at radius 1 is 1.37 bits per heavy atom. The highest BCUT2D eigenvalue weighted by atomic mass is 32.2. The van der Waals surface area contributed by atoms with Crippen molar-refractivity contribution in [1.82, 2.24) is 4.90 Å². The van der Waals surface area contributed by atoms with E-state index in [1.807, 2.05) is 24.5 Å². The summed E-state index contributed by atoms with van der Waals surface area (Å²) >= 11 is 1.63. The third kappa shape index (κ3) is 3.89. The molecule has 0 bridgehead atoms. The molecular weight excluding hydrogens is 254 g/mol. The molecule has 1 rings (SSSR count). The van der Waals surface area contributed by atoms with Crippen LogP contribution in [0.1, 0.15) is 19.4 Å². The van der Waals surface area contributed by atoms with Crippen LogP contribution in [0, 0.1) is 11.3 Å². The molecule has 104 valence electrons. The topological polar surface area (TPSA) is 30.3 Å². The lowest BCUT2D eigenvalue weighted by molar-refractivity contribution is 0.373. The van der Waals surface area contributed by atoms with Crippen molar-refractivity contribution in [2.75, 3.05) is 38.3 Å². The van der Waals surface area contributed by atoms with Gasteiger partial charge in [0.1, 0.15) is 6.07 Å². The minimum atomic E-state index is 0.379. The third-order valence-electron chi connectivity index (χ3n) is 3.15. The van der Waals surface area contributed by atoms with Gasteiger partial charge in [0.2, 0.25) is 0 Å². The summed E-state index contributed by atoms with van der Waals surface area (Å²) in [5, 5.41) is 9.44. The van der Waals surface area contributed by atoms with E-state index in [0.717, 1.165) is 29.2 Å². The highest BCUT2D eigenvalue weighted by Gasteiger charge is 2.18. The Morgan fingerprint density at radius 3 is 2.53 bits per heavy atom. The molecule has 0 N–H and O–H groups in total. The molecule has 19 heavy (non-hydrogen) atoms. The maximum Gasteiger partial charge on any atom is 0.103 e. The summed E-state index contributed by atoms with van der Waals surface area (Å²) in [5.41, 5.74) is 1.84. The second-order valence-electron chi connectivity index (χ2n) is 4.86. The Bertz CT molecular complexity index is 451. The number of thioether (sulfide) groups is 1. The van der Waals surface area contributed by atoms with Gasteiger partial charge in [0.15, 0.2) is 0 Å². The van der Waals surface area contributed by atoms with Gasteiger partial charge in [0.25, 0.3) is 0 Å². The number of likely N-dealkylation sites (N-methyl/N-ethyl adjacent to an activating group) is 2. The number of hydrogen-bond acceptors (Lipinski definition) is 4. The smallest absolute Gasteiger partial charge is 0.103 e. The quantitative estimate of drug-likeness (QED) is 0.748. The number of rotatable bonds is 6. The van der Waals surface area contributed by atoms with Crippen molar-refractivity contribution in [3.63, 3.8) is 0 Å². The van der Waals surface area contributed by atoms with Gasteiger partial charge in [-0.1, -0.05) is 6.07 Å². The van der Waals surface area contributed by atoms with Gasteiger partial charge in [0, 0.05) is 24.0 Å². The normalized spacial score (nSPS) is 12.3. The largest absolute Gasteiger partial charge is 0.367 e. The van der Waals surface area contributed by atoms with Gasteiger partial charge in [0.05, 0.1) is 11.3 Å². The molecule has 0 saturated heterocycles. The van der Waals surface area contributed by atoms with Crippen LogP contribution in [0.3, 0.4) is 0 Å². The van der Waals surface area contributed by atoms with E-state index < -0.39 is 0 Å². The number of nitriles is 1. The van der Waals surface area contributed by atoms with Gasteiger partial charge >= 0.3 is 0 Å². The fourth-order valence-corrected chi connectivity index (χ4v) is 2.96. The predicted molar refractivity (Wildman–Crippen MR) is 84.0 cm³/mol. The number of anilines is 1. The zero-order valence-corrected chi connectivity index (χ0v) is 13.3. The number of nitrogens with zero attached hydrogens (tertiary/aromatic N) is 3. The predicted octanol–water partition coefficient (Wildman–Crippen LogP) is 3.06. The molecule has 0 radical (unpaired) electrons. The zero-order valence-electron chi connectivity index (χ0n) is 12.5. The molecule has 1 unspecified atom stereocenters. The molecule has 1 atom stereocenters. The molecule has 0 fully saturated rings. The molecule has 0 saturated carbocycles. The molecule has 1 aromatic carbocycles. The molecule has 3 nitrogen and oxygen atoms in total. The van der Waals surface area contributed by atoms with Crippen molar-refractivity contribution in [2.45, 2.75) is 24.8 Å². The minimum Gasteiger partial charge on any atom is -0.367 e. The molecule has 0 amide bonds. The maximum atomic E-state index is 9.44. The Labute approximate surface area is 121 Å². The summed E-state index contributed by atoms with van der Waals surface area (Å²) in [6.45, 7) is 6.22. The molecular formula is C15H23N3S. The summed E-state index contributed by atoms with van der Waals surface area (Å²) < 4.78 is 0. The van der Waals surface area contributed by atoms with Crippen molar-refractivity contribution >= 4 is 17.4 Å². The van der Waals surface area contributed by atoms with Gasteiger partial charge in [-0.3, -0.25) is 0 Å².